The smallest absolute Gasteiger partial charge is 0.175 e. The number of aromatic nitrogens is 2. The number of sulfone groups is 1. The van der Waals surface area contributed by atoms with Crippen LogP contribution in [0.3, 0.4) is 0 Å². The lowest BCUT2D eigenvalue weighted by atomic mass is 10.1. The van der Waals surface area contributed by atoms with Crippen molar-refractivity contribution in [3.63, 3.8) is 0 Å². The van der Waals surface area contributed by atoms with Crippen LogP contribution in [0.2, 0.25) is 0 Å². The van der Waals surface area contributed by atoms with E-state index in [1.165, 1.54) is 18.4 Å². The fraction of sp³-hybridized carbons (Fsp3) is 0.438. The number of hydrogen-bond donors (Lipinski definition) is 2. The van der Waals surface area contributed by atoms with Crippen LogP contribution in [0.25, 0.3) is 0 Å². The summed E-state index contributed by atoms with van der Waals surface area (Å²) in [5, 5.41) is 17.7. The summed E-state index contributed by atoms with van der Waals surface area (Å²) in [4.78, 5) is 0.252. The Morgan fingerprint density at radius 2 is 1.91 bits per heavy atom. The second-order valence-corrected chi connectivity index (χ2v) is 7.80. The molecule has 0 unspecified atom stereocenters. The van der Waals surface area contributed by atoms with Crippen LogP contribution in [-0.4, -0.2) is 42.1 Å². The molecular formula is C16H23N3O3S. The number of nitrogens with zero attached hydrogens (tertiary/aromatic N) is 2. The third-order valence-corrected chi connectivity index (χ3v) is 5.12. The maximum absolute atomic E-state index is 11.4. The third kappa shape index (κ3) is 4.63. The third-order valence-electron chi connectivity index (χ3n) is 3.99. The summed E-state index contributed by atoms with van der Waals surface area (Å²) in [6, 6.07) is 8.48. The van der Waals surface area contributed by atoms with E-state index in [9.17, 15) is 13.5 Å². The number of hydrogen-bond acceptors (Lipinski definition) is 5. The van der Waals surface area contributed by atoms with Gasteiger partial charge in [-0.3, -0.25) is 4.68 Å². The molecule has 0 aliphatic carbocycles. The molecule has 0 spiro atoms. The molecule has 0 amide bonds. The Morgan fingerprint density at radius 3 is 2.43 bits per heavy atom. The van der Waals surface area contributed by atoms with E-state index in [1.807, 2.05) is 23.9 Å². The van der Waals surface area contributed by atoms with Gasteiger partial charge in [-0.1, -0.05) is 12.1 Å². The van der Waals surface area contributed by atoms with Gasteiger partial charge in [-0.05, 0) is 37.6 Å². The molecule has 1 aromatic heterocycles. The van der Waals surface area contributed by atoms with E-state index in [1.54, 1.807) is 18.3 Å². The van der Waals surface area contributed by atoms with Gasteiger partial charge >= 0.3 is 0 Å². The highest BCUT2D eigenvalue weighted by molar-refractivity contribution is 7.90. The van der Waals surface area contributed by atoms with Gasteiger partial charge in [-0.25, -0.2) is 8.42 Å². The average molecular weight is 337 g/mol. The monoisotopic (exact) mass is 337 g/mol. The van der Waals surface area contributed by atoms with Crippen molar-refractivity contribution in [2.45, 2.75) is 36.9 Å². The molecule has 0 bridgehead atoms. The van der Waals surface area contributed by atoms with Gasteiger partial charge in [0.2, 0.25) is 0 Å². The molecule has 0 radical (unpaired) electrons. The van der Waals surface area contributed by atoms with Crippen LogP contribution in [0.15, 0.2) is 47.6 Å². The molecule has 0 saturated carbocycles. The van der Waals surface area contributed by atoms with E-state index in [4.69, 9.17) is 0 Å². The summed E-state index contributed by atoms with van der Waals surface area (Å²) < 4.78 is 24.7. The Hall–Kier alpha value is -1.70. The Labute approximate surface area is 137 Å². The Kier molecular flexibility index (Phi) is 5.56. The van der Waals surface area contributed by atoms with Crippen LogP contribution in [-0.2, 0) is 9.84 Å². The van der Waals surface area contributed by atoms with Gasteiger partial charge in [-0.15, -0.1) is 0 Å². The highest BCUT2D eigenvalue weighted by Crippen LogP contribution is 2.17. The largest absolute Gasteiger partial charge is 0.387 e. The number of rotatable bonds is 7. The summed E-state index contributed by atoms with van der Waals surface area (Å²) in [6.07, 6.45) is 4.11. The normalized spacial score (nSPS) is 16.0. The van der Waals surface area contributed by atoms with Gasteiger partial charge in [0, 0.05) is 31.2 Å². The first kappa shape index (κ1) is 17.7. The molecule has 2 N–H and O–H groups in total. The van der Waals surface area contributed by atoms with E-state index in [0.29, 0.717) is 12.1 Å². The minimum Gasteiger partial charge on any atom is -0.387 e. The first-order chi connectivity index (χ1) is 10.8. The molecule has 3 atom stereocenters. The quantitative estimate of drug-likeness (QED) is 0.801. The lowest BCUT2D eigenvalue weighted by Crippen LogP contribution is -2.36. The van der Waals surface area contributed by atoms with Crippen molar-refractivity contribution >= 4 is 9.84 Å². The second-order valence-electron chi connectivity index (χ2n) is 5.78. The summed E-state index contributed by atoms with van der Waals surface area (Å²) in [5.74, 6) is 0. The van der Waals surface area contributed by atoms with Crippen molar-refractivity contribution in [1.82, 2.24) is 15.1 Å². The molecular weight excluding hydrogens is 314 g/mol. The highest BCUT2D eigenvalue weighted by Gasteiger charge is 2.16. The summed E-state index contributed by atoms with van der Waals surface area (Å²) in [5.41, 5.74) is 0.684. The van der Waals surface area contributed by atoms with Crippen LogP contribution < -0.4 is 5.32 Å². The zero-order valence-electron chi connectivity index (χ0n) is 13.5. The molecule has 23 heavy (non-hydrogen) atoms. The predicted octanol–water partition coefficient (Wildman–Crippen LogP) is 1.56. The summed E-state index contributed by atoms with van der Waals surface area (Å²) in [6.45, 7) is 4.47. The molecule has 0 saturated heterocycles. The minimum absolute atomic E-state index is 0.125. The molecule has 7 heteroatoms. The Balaban J connectivity index is 1.93. The van der Waals surface area contributed by atoms with Crippen molar-refractivity contribution in [3.05, 3.63) is 48.3 Å². The van der Waals surface area contributed by atoms with E-state index < -0.39 is 15.9 Å². The van der Waals surface area contributed by atoms with E-state index in [0.717, 1.165) is 0 Å². The molecule has 2 aromatic rings. The zero-order chi connectivity index (χ0) is 17.0. The van der Waals surface area contributed by atoms with Crippen molar-refractivity contribution in [3.8, 4) is 0 Å². The molecule has 6 nitrogen and oxygen atoms in total. The minimum atomic E-state index is -3.21. The molecule has 126 valence electrons. The zero-order valence-corrected chi connectivity index (χ0v) is 14.4. The average Bonchev–Trinajstić information content (AvgIpc) is 3.05. The van der Waals surface area contributed by atoms with Crippen LogP contribution in [0.4, 0.5) is 0 Å². The van der Waals surface area contributed by atoms with Crippen LogP contribution >= 0.6 is 0 Å². The van der Waals surface area contributed by atoms with Crippen LogP contribution in [0, 0.1) is 0 Å². The summed E-state index contributed by atoms with van der Waals surface area (Å²) >= 11 is 0. The number of aliphatic hydroxyl groups excluding tert-OH is 1. The van der Waals surface area contributed by atoms with Crippen molar-refractivity contribution in [2.24, 2.45) is 0 Å². The van der Waals surface area contributed by atoms with Crippen molar-refractivity contribution in [1.29, 1.82) is 0 Å². The van der Waals surface area contributed by atoms with Crippen LogP contribution in [0.1, 0.15) is 31.6 Å². The molecule has 2 rings (SSSR count). The topological polar surface area (TPSA) is 84.2 Å². The molecule has 0 aliphatic heterocycles. The molecule has 0 aliphatic rings. The SMILES string of the molecule is C[C@H](NC[C@H](O)c1ccc(S(C)(=O)=O)cc1)[C@@H](C)n1cccn1. The molecule has 1 heterocycles. The highest BCUT2D eigenvalue weighted by atomic mass is 32.2. The number of benzene rings is 1. The maximum atomic E-state index is 11.4. The van der Waals surface area contributed by atoms with Gasteiger partial charge in [0.15, 0.2) is 9.84 Å². The number of nitrogens with one attached hydrogen (secondary N) is 1. The Morgan fingerprint density at radius 1 is 1.26 bits per heavy atom. The van der Waals surface area contributed by atoms with E-state index >= 15 is 0 Å². The second kappa shape index (κ2) is 7.25. The van der Waals surface area contributed by atoms with Gasteiger partial charge in [0.25, 0.3) is 0 Å². The van der Waals surface area contributed by atoms with Gasteiger partial charge in [-0.2, -0.15) is 5.10 Å². The van der Waals surface area contributed by atoms with Crippen molar-refractivity contribution < 1.29 is 13.5 Å². The van der Waals surface area contributed by atoms with Gasteiger partial charge < -0.3 is 10.4 Å². The van der Waals surface area contributed by atoms with E-state index in [2.05, 4.69) is 17.3 Å². The maximum Gasteiger partial charge on any atom is 0.175 e. The number of aliphatic hydroxyl groups is 1. The lowest BCUT2D eigenvalue weighted by Gasteiger charge is -2.23. The first-order valence-corrected chi connectivity index (χ1v) is 9.39. The standard InChI is InChI=1S/C16H23N3O3S/c1-12(13(2)19-10-4-9-18-19)17-11-16(20)14-5-7-15(8-6-14)23(3,21)22/h4-10,12-13,16-17,20H,11H2,1-3H3/t12-,13+,16-/m0/s1. The van der Waals surface area contributed by atoms with Crippen LogP contribution in [0.5, 0.6) is 0 Å². The van der Waals surface area contributed by atoms with E-state index in [-0.39, 0.29) is 17.0 Å². The predicted molar refractivity (Wildman–Crippen MR) is 88.9 cm³/mol. The van der Waals surface area contributed by atoms with Gasteiger partial charge in [0.1, 0.15) is 0 Å². The summed E-state index contributed by atoms with van der Waals surface area (Å²) in [7, 11) is -3.21. The first-order valence-electron chi connectivity index (χ1n) is 7.49. The fourth-order valence-electron chi connectivity index (χ4n) is 2.27. The van der Waals surface area contributed by atoms with Gasteiger partial charge in [0.05, 0.1) is 17.0 Å². The Bertz CT molecular complexity index is 712. The van der Waals surface area contributed by atoms with Crippen molar-refractivity contribution in [2.75, 3.05) is 12.8 Å². The molecule has 0 fully saturated rings. The lowest BCUT2D eigenvalue weighted by molar-refractivity contribution is 0.165. The fourth-order valence-corrected chi connectivity index (χ4v) is 2.90. The molecule has 1 aromatic carbocycles.